The van der Waals surface area contributed by atoms with Gasteiger partial charge in [-0.3, -0.25) is 14.2 Å². The zero-order valence-corrected chi connectivity index (χ0v) is 16.5. The van der Waals surface area contributed by atoms with Gasteiger partial charge in [0.05, 0.1) is 16.9 Å². The van der Waals surface area contributed by atoms with E-state index in [9.17, 15) is 14.0 Å². The van der Waals surface area contributed by atoms with E-state index in [1.54, 1.807) is 34.9 Å². The van der Waals surface area contributed by atoms with Crippen LogP contribution in [0.2, 0.25) is 0 Å². The van der Waals surface area contributed by atoms with Crippen molar-refractivity contribution in [1.29, 1.82) is 0 Å². The third-order valence-electron chi connectivity index (χ3n) is 5.55. The quantitative estimate of drug-likeness (QED) is 0.727. The van der Waals surface area contributed by atoms with Crippen molar-refractivity contribution in [3.8, 4) is 0 Å². The zero-order chi connectivity index (χ0) is 20.4. The molecule has 29 heavy (non-hydrogen) atoms. The Labute approximate surface area is 168 Å². The highest BCUT2D eigenvalue weighted by atomic mass is 19.1. The Hall–Kier alpha value is -3.02. The van der Waals surface area contributed by atoms with Crippen molar-refractivity contribution in [3.05, 3.63) is 75.6 Å². The predicted molar refractivity (Wildman–Crippen MR) is 110 cm³/mol. The SMILES string of the molecule is C[C@H](NC(=O)c1ccc2c(=O)n3c(nc2c1)CCCCCC3)c1ccc(F)cc1. The summed E-state index contributed by atoms with van der Waals surface area (Å²) in [7, 11) is 0. The first-order valence-corrected chi connectivity index (χ1v) is 10.1. The Bertz CT molecular complexity index is 1110. The van der Waals surface area contributed by atoms with Crippen molar-refractivity contribution in [2.75, 3.05) is 0 Å². The number of amides is 1. The summed E-state index contributed by atoms with van der Waals surface area (Å²) in [6, 6.07) is 10.8. The molecule has 1 atom stereocenters. The Morgan fingerprint density at radius 3 is 2.66 bits per heavy atom. The van der Waals surface area contributed by atoms with E-state index in [0.29, 0.717) is 23.0 Å². The van der Waals surface area contributed by atoms with Crippen molar-refractivity contribution in [2.24, 2.45) is 0 Å². The fourth-order valence-electron chi connectivity index (χ4n) is 3.85. The van der Waals surface area contributed by atoms with E-state index in [2.05, 4.69) is 5.32 Å². The third kappa shape index (κ3) is 4.06. The van der Waals surface area contributed by atoms with Crippen LogP contribution in [0.3, 0.4) is 0 Å². The Morgan fingerprint density at radius 2 is 1.86 bits per heavy atom. The van der Waals surface area contributed by atoms with Crippen LogP contribution < -0.4 is 10.9 Å². The van der Waals surface area contributed by atoms with Gasteiger partial charge in [0, 0.05) is 18.5 Å². The summed E-state index contributed by atoms with van der Waals surface area (Å²) in [5.74, 6) is 0.241. The maximum Gasteiger partial charge on any atom is 0.261 e. The van der Waals surface area contributed by atoms with Gasteiger partial charge in [0.15, 0.2) is 0 Å². The molecule has 1 amide bonds. The lowest BCUT2D eigenvalue weighted by atomic mass is 10.1. The lowest BCUT2D eigenvalue weighted by molar-refractivity contribution is 0.0940. The van der Waals surface area contributed by atoms with E-state index in [4.69, 9.17) is 4.98 Å². The average Bonchev–Trinajstić information content (AvgIpc) is 2.69. The molecule has 0 radical (unpaired) electrons. The van der Waals surface area contributed by atoms with Crippen LogP contribution in [-0.2, 0) is 13.0 Å². The lowest BCUT2D eigenvalue weighted by Crippen LogP contribution is -2.28. The molecule has 1 aliphatic heterocycles. The van der Waals surface area contributed by atoms with E-state index in [-0.39, 0.29) is 23.3 Å². The molecule has 0 bridgehead atoms. The van der Waals surface area contributed by atoms with Crippen LogP contribution in [0.4, 0.5) is 4.39 Å². The topological polar surface area (TPSA) is 64.0 Å². The van der Waals surface area contributed by atoms with Gasteiger partial charge in [-0.25, -0.2) is 9.37 Å². The van der Waals surface area contributed by atoms with Gasteiger partial charge in [-0.15, -0.1) is 0 Å². The maximum absolute atomic E-state index is 13.1. The fraction of sp³-hybridized carbons (Fsp3) is 0.348. The standard InChI is InChI=1S/C23H24FN3O2/c1-15(16-7-10-18(24)11-8-16)25-22(28)17-9-12-19-20(14-17)26-21-6-4-2-3-5-13-27(21)23(19)29/h7-12,14-15H,2-6,13H2,1H3,(H,25,28)/t15-/m0/s1. The molecule has 5 nitrogen and oxygen atoms in total. The lowest BCUT2D eigenvalue weighted by Gasteiger charge is -2.17. The summed E-state index contributed by atoms with van der Waals surface area (Å²) >= 11 is 0. The van der Waals surface area contributed by atoms with Gasteiger partial charge in [-0.05, 0) is 55.7 Å². The molecular formula is C23H24FN3O2. The Balaban J connectivity index is 1.62. The van der Waals surface area contributed by atoms with Gasteiger partial charge in [0.1, 0.15) is 11.6 Å². The maximum atomic E-state index is 13.1. The van der Waals surface area contributed by atoms with Crippen molar-refractivity contribution < 1.29 is 9.18 Å². The number of fused-ring (bicyclic) bond motifs is 2. The van der Waals surface area contributed by atoms with Crippen LogP contribution in [0.25, 0.3) is 10.9 Å². The van der Waals surface area contributed by atoms with E-state index in [0.717, 1.165) is 43.5 Å². The Morgan fingerprint density at radius 1 is 1.10 bits per heavy atom. The van der Waals surface area contributed by atoms with E-state index in [1.807, 2.05) is 6.92 Å². The number of benzene rings is 2. The van der Waals surface area contributed by atoms with Crippen LogP contribution in [0, 0.1) is 5.82 Å². The number of hydrogen-bond acceptors (Lipinski definition) is 3. The van der Waals surface area contributed by atoms with Gasteiger partial charge < -0.3 is 5.32 Å². The second kappa shape index (κ2) is 8.15. The number of nitrogens with zero attached hydrogens (tertiary/aromatic N) is 2. The molecule has 2 aromatic carbocycles. The zero-order valence-electron chi connectivity index (χ0n) is 16.5. The molecule has 0 saturated heterocycles. The molecule has 1 N–H and O–H groups in total. The van der Waals surface area contributed by atoms with E-state index in [1.165, 1.54) is 12.1 Å². The van der Waals surface area contributed by atoms with Crippen LogP contribution in [0.5, 0.6) is 0 Å². The van der Waals surface area contributed by atoms with Crippen molar-refractivity contribution >= 4 is 16.8 Å². The second-order valence-electron chi connectivity index (χ2n) is 7.63. The molecular weight excluding hydrogens is 369 g/mol. The van der Waals surface area contributed by atoms with Crippen LogP contribution in [0.15, 0.2) is 47.3 Å². The van der Waals surface area contributed by atoms with Gasteiger partial charge in [-0.1, -0.05) is 25.0 Å². The minimum atomic E-state index is -0.311. The summed E-state index contributed by atoms with van der Waals surface area (Å²) in [4.78, 5) is 30.3. The number of halogens is 1. The van der Waals surface area contributed by atoms with Gasteiger partial charge in [0.25, 0.3) is 11.5 Å². The molecule has 150 valence electrons. The average molecular weight is 393 g/mol. The number of hydrogen-bond donors (Lipinski definition) is 1. The largest absolute Gasteiger partial charge is 0.346 e. The molecule has 0 saturated carbocycles. The third-order valence-corrected chi connectivity index (χ3v) is 5.55. The normalized spacial score (nSPS) is 15.2. The molecule has 1 aliphatic rings. The predicted octanol–water partition coefficient (Wildman–Crippen LogP) is 4.14. The minimum Gasteiger partial charge on any atom is -0.346 e. The first kappa shape index (κ1) is 19.3. The second-order valence-corrected chi connectivity index (χ2v) is 7.63. The molecule has 4 rings (SSSR count). The highest BCUT2D eigenvalue weighted by Crippen LogP contribution is 2.18. The number of carbonyl (C=O) groups is 1. The van der Waals surface area contributed by atoms with E-state index < -0.39 is 0 Å². The van der Waals surface area contributed by atoms with Gasteiger partial charge in [-0.2, -0.15) is 0 Å². The minimum absolute atomic E-state index is 0.0291. The summed E-state index contributed by atoms with van der Waals surface area (Å²) in [6.07, 6.45) is 5.07. The Kier molecular flexibility index (Phi) is 5.43. The molecule has 1 aromatic heterocycles. The molecule has 0 fully saturated rings. The first-order chi connectivity index (χ1) is 14.0. The van der Waals surface area contributed by atoms with E-state index >= 15 is 0 Å². The monoisotopic (exact) mass is 393 g/mol. The smallest absolute Gasteiger partial charge is 0.261 e. The molecule has 0 spiro atoms. The van der Waals surface area contributed by atoms with Crippen molar-refractivity contribution in [1.82, 2.24) is 14.9 Å². The van der Waals surface area contributed by atoms with Crippen molar-refractivity contribution in [2.45, 2.75) is 51.6 Å². The number of aromatic nitrogens is 2. The van der Waals surface area contributed by atoms with Crippen LogP contribution in [-0.4, -0.2) is 15.5 Å². The molecule has 2 heterocycles. The summed E-state index contributed by atoms with van der Waals surface area (Å²) in [5.41, 5.74) is 1.80. The highest BCUT2D eigenvalue weighted by Gasteiger charge is 2.16. The van der Waals surface area contributed by atoms with Gasteiger partial charge in [0.2, 0.25) is 0 Å². The number of nitrogens with one attached hydrogen (secondary N) is 1. The van der Waals surface area contributed by atoms with Gasteiger partial charge >= 0.3 is 0 Å². The number of carbonyl (C=O) groups excluding carboxylic acids is 1. The van der Waals surface area contributed by atoms with Crippen molar-refractivity contribution in [3.63, 3.8) is 0 Å². The summed E-state index contributed by atoms with van der Waals surface area (Å²) in [6.45, 7) is 2.55. The highest BCUT2D eigenvalue weighted by molar-refractivity contribution is 5.97. The number of aryl methyl sites for hydroxylation is 1. The molecule has 6 heteroatoms. The van der Waals surface area contributed by atoms with Crippen LogP contribution >= 0.6 is 0 Å². The molecule has 3 aromatic rings. The first-order valence-electron chi connectivity index (χ1n) is 10.1. The summed E-state index contributed by atoms with van der Waals surface area (Å²) in [5, 5.41) is 3.46. The molecule has 0 unspecified atom stereocenters. The molecule has 0 aliphatic carbocycles. The summed E-state index contributed by atoms with van der Waals surface area (Å²) < 4.78 is 14.9. The number of rotatable bonds is 3. The fourth-order valence-corrected chi connectivity index (χ4v) is 3.85. The van der Waals surface area contributed by atoms with Crippen LogP contribution in [0.1, 0.15) is 60.4 Å².